The molecule has 0 saturated carbocycles. The van der Waals surface area contributed by atoms with Crippen LogP contribution in [0.2, 0.25) is 0 Å². The molecule has 94 valence electrons. The third-order valence-electron chi connectivity index (χ3n) is 2.56. The van der Waals surface area contributed by atoms with Gasteiger partial charge in [0.1, 0.15) is 11.9 Å². The van der Waals surface area contributed by atoms with Crippen LogP contribution >= 0.6 is 27.5 Å². The molecule has 0 radical (unpaired) electrons. The van der Waals surface area contributed by atoms with E-state index < -0.39 is 5.82 Å². The van der Waals surface area contributed by atoms with Gasteiger partial charge in [-0.1, -0.05) is 57.9 Å². The molecule has 0 N–H and O–H groups in total. The van der Waals surface area contributed by atoms with Crippen LogP contribution in [0, 0.1) is 17.1 Å². The van der Waals surface area contributed by atoms with Crippen LogP contribution in [0.1, 0.15) is 11.1 Å². The summed E-state index contributed by atoms with van der Waals surface area (Å²) in [6, 6.07) is 15.5. The lowest BCUT2D eigenvalue weighted by molar-refractivity contribution is 0.624. The Hall–Kier alpha value is -1.63. The van der Waals surface area contributed by atoms with Gasteiger partial charge in [-0.05, 0) is 23.8 Å². The van der Waals surface area contributed by atoms with Crippen LogP contribution in [0.15, 0.2) is 53.0 Å². The zero-order chi connectivity index (χ0) is 13.8. The highest BCUT2D eigenvalue weighted by Gasteiger charge is 2.13. The predicted octanol–water partition coefficient (Wildman–Crippen LogP) is 5.22. The van der Waals surface area contributed by atoms with Gasteiger partial charge in [-0.3, -0.25) is 0 Å². The highest BCUT2D eigenvalue weighted by atomic mass is 79.9. The quantitative estimate of drug-likeness (QED) is 0.545. The number of nitrogens with zero attached hydrogens (tertiary/aromatic N) is 1. The first-order chi connectivity index (χ1) is 9.13. The molecule has 2 rings (SSSR count). The second kappa shape index (κ2) is 6.01. The molecule has 19 heavy (non-hydrogen) atoms. The van der Waals surface area contributed by atoms with Crippen molar-refractivity contribution in [2.75, 3.05) is 0 Å². The van der Waals surface area contributed by atoms with E-state index in [1.165, 1.54) is 6.07 Å². The van der Waals surface area contributed by atoms with Gasteiger partial charge in [-0.2, -0.15) is 5.26 Å². The minimum absolute atomic E-state index is 0.110. The van der Waals surface area contributed by atoms with Crippen molar-refractivity contribution in [3.8, 4) is 6.07 Å². The minimum Gasteiger partial charge on any atom is -0.206 e. The van der Waals surface area contributed by atoms with E-state index in [4.69, 9.17) is 11.6 Å². The van der Waals surface area contributed by atoms with E-state index in [0.717, 1.165) is 0 Å². The van der Waals surface area contributed by atoms with Crippen LogP contribution in [-0.4, -0.2) is 0 Å². The summed E-state index contributed by atoms with van der Waals surface area (Å²) in [7, 11) is 0. The lowest BCUT2D eigenvalue weighted by Gasteiger charge is -2.06. The molecular formula is C15H8BrClFN. The average molecular weight is 337 g/mol. The van der Waals surface area contributed by atoms with Crippen molar-refractivity contribution in [3.05, 3.63) is 69.9 Å². The molecule has 0 unspecified atom stereocenters. The topological polar surface area (TPSA) is 23.8 Å². The number of halogens is 3. The molecule has 0 saturated heterocycles. The molecule has 0 aliphatic rings. The second-order valence-electron chi connectivity index (χ2n) is 3.79. The minimum atomic E-state index is -0.469. The Morgan fingerprint density at radius 3 is 2.42 bits per heavy atom. The van der Waals surface area contributed by atoms with Gasteiger partial charge < -0.3 is 0 Å². The Bertz CT molecular complexity index is 674. The summed E-state index contributed by atoms with van der Waals surface area (Å²) in [6.07, 6.45) is 0. The molecule has 0 aliphatic carbocycles. The van der Waals surface area contributed by atoms with Gasteiger partial charge in [-0.15, -0.1) is 0 Å². The molecule has 0 bridgehead atoms. The Morgan fingerprint density at radius 1 is 1.16 bits per heavy atom. The first kappa shape index (κ1) is 13.8. The fraction of sp³-hybridized carbons (Fsp3) is 0. The average Bonchev–Trinajstić information content (AvgIpc) is 2.40. The van der Waals surface area contributed by atoms with E-state index in [9.17, 15) is 9.65 Å². The number of allylic oxidation sites excluding steroid dienone is 1. The fourth-order valence-corrected chi connectivity index (χ4v) is 2.29. The monoisotopic (exact) mass is 335 g/mol. The van der Waals surface area contributed by atoms with Gasteiger partial charge in [0.25, 0.3) is 0 Å². The summed E-state index contributed by atoms with van der Waals surface area (Å²) in [5, 5.41) is 9.34. The van der Waals surface area contributed by atoms with Gasteiger partial charge in [0.05, 0.1) is 10.6 Å². The predicted molar refractivity (Wildman–Crippen MR) is 78.8 cm³/mol. The molecule has 0 aromatic heterocycles. The Kier molecular flexibility index (Phi) is 4.36. The Labute approximate surface area is 124 Å². The molecule has 4 heteroatoms. The van der Waals surface area contributed by atoms with Crippen LogP contribution in [0.5, 0.6) is 0 Å². The van der Waals surface area contributed by atoms with Crippen molar-refractivity contribution in [2.45, 2.75) is 0 Å². The van der Waals surface area contributed by atoms with Gasteiger partial charge in [0.15, 0.2) is 0 Å². The molecule has 2 aromatic rings. The summed E-state index contributed by atoms with van der Waals surface area (Å²) >= 11 is 9.35. The van der Waals surface area contributed by atoms with E-state index in [1.54, 1.807) is 36.4 Å². The van der Waals surface area contributed by atoms with Gasteiger partial charge in [0.2, 0.25) is 0 Å². The zero-order valence-electron chi connectivity index (χ0n) is 9.70. The number of hydrogen-bond acceptors (Lipinski definition) is 1. The first-order valence-corrected chi connectivity index (χ1v) is 6.61. The molecule has 0 spiro atoms. The third kappa shape index (κ3) is 3.04. The molecule has 0 aliphatic heterocycles. The smallest absolute Gasteiger partial charge is 0.133 e. The summed E-state index contributed by atoms with van der Waals surface area (Å²) < 4.78 is 14.5. The molecule has 0 fully saturated rings. The highest BCUT2D eigenvalue weighted by molar-refractivity contribution is 9.10. The standard InChI is InChI=1S/C15H8BrClFN/c16-11-6-7-12(14(18)8-11)15(17)13(9-19)10-4-2-1-3-5-10/h1-8H. The first-order valence-electron chi connectivity index (χ1n) is 5.44. The lowest BCUT2D eigenvalue weighted by Crippen LogP contribution is -1.90. The number of nitriles is 1. The highest BCUT2D eigenvalue weighted by Crippen LogP contribution is 2.31. The van der Waals surface area contributed by atoms with E-state index in [0.29, 0.717) is 10.0 Å². The molecular weight excluding hydrogens is 329 g/mol. The number of hydrogen-bond donors (Lipinski definition) is 0. The summed E-state index contributed by atoms with van der Waals surface area (Å²) in [4.78, 5) is 0. The van der Waals surface area contributed by atoms with E-state index in [-0.39, 0.29) is 16.2 Å². The summed E-state index contributed by atoms with van der Waals surface area (Å²) in [5.74, 6) is -0.469. The maximum absolute atomic E-state index is 13.9. The van der Waals surface area contributed by atoms with Crippen LogP contribution in [0.3, 0.4) is 0 Å². The Balaban J connectivity index is 2.59. The van der Waals surface area contributed by atoms with Crippen LogP contribution in [0.4, 0.5) is 4.39 Å². The SMILES string of the molecule is N#CC(=C(Cl)c1ccc(Br)cc1F)c1ccccc1. The molecule has 0 heterocycles. The molecule has 2 aromatic carbocycles. The maximum Gasteiger partial charge on any atom is 0.133 e. The number of benzene rings is 2. The van der Waals surface area contributed by atoms with Crippen LogP contribution < -0.4 is 0 Å². The van der Waals surface area contributed by atoms with Crippen LogP contribution in [0.25, 0.3) is 10.6 Å². The zero-order valence-corrected chi connectivity index (χ0v) is 12.0. The van der Waals surface area contributed by atoms with Crippen LogP contribution in [-0.2, 0) is 0 Å². The second-order valence-corrected chi connectivity index (χ2v) is 5.08. The molecule has 0 amide bonds. The fourth-order valence-electron chi connectivity index (χ4n) is 1.65. The largest absolute Gasteiger partial charge is 0.206 e. The van der Waals surface area contributed by atoms with Crippen molar-refractivity contribution in [3.63, 3.8) is 0 Å². The summed E-state index contributed by atoms with van der Waals surface area (Å²) in [5.41, 5.74) is 1.13. The maximum atomic E-state index is 13.9. The van der Waals surface area contributed by atoms with Crippen molar-refractivity contribution >= 4 is 38.1 Å². The number of rotatable bonds is 2. The van der Waals surface area contributed by atoms with Crippen molar-refractivity contribution in [2.24, 2.45) is 0 Å². The third-order valence-corrected chi connectivity index (χ3v) is 3.45. The van der Waals surface area contributed by atoms with Gasteiger partial charge in [0, 0.05) is 10.0 Å². The molecule has 1 nitrogen and oxygen atoms in total. The Morgan fingerprint density at radius 2 is 1.84 bits per heavy atom. The normalized spacial score (nSPS) is 11.7. The van der Waals surface area contributed by atoms with E-state index >= 15 is 0 Å². The van der Waals surface area contributed by atoms with Gasteiger partial charge in [-0.25, -0.2) is 4.39 Å². The van der Waals surface area contributed by atoms with Crippen molar-refractivity contribution in [1.82, 2.24) is 0 Å². The molecule has 0 atom stereocenters. The lowest BCUT2D eigenvalue weighted by atomic mass is 10.0. The summed E-state index contributed by atoms with van der Waals surface area (Å²) in [6.45, 7) is 0. The van der Waals surface area contributed by atoms with Crippen molar-refractivity contribution in [1.29, 1.82) is 5.26 Å². The van der Waals surface area contributed by atoms with Crippen molar-refractivity contribution < 1.29 is 4.39 Å². The van der Waals surface area contributed by atoms with E-state index in [1.807, 2.05) is 12.1 Å². The van der Waals surface area contributed by atoms with Gasteiger partial charge >= 0.3 is 0 Å². The van der Waals surface area contributed by atoms with E-state index in [2.05, 4.69) is 15.9 Å².